The summed E-state index contributed by atoms with van der Waals surface area (Å²) in [5.74, 6) is -1.16. The van der Waals surface area contributed by atoms with Crippen molar-refractivity contribution in [2.75, 3.05) is 19.8 Å². The van der Waals surface area contributed by atoms with Crippen LogP contribution < -0.4 is 0 Å². The smallest absolute Gasteiger partial charge is 0.328 e. The van der Waals surface area contributed by atoms with Gasteiger partial charge in [-0.05, 0) is 37.3 Å². The molecule has 6 heteroatoms. The number of nitrogens with zero attached hydrogens (tertiary/aromatic N) is 1. The fraction of sp³-hybridized carbons (Fsp3) is 0.600. The van der Waals surface area contributed by atoms with Crippen LogP contribution in [0.25, 0.3) is 0 Å². The van der Waals surface area contributed by atoms with E-state index >= 15 is 0 Å². The Balaban J connectivity index is 1.82. The third-order valence-electron chi connectivity index (χ3n) is 4.13. The molecular formula is C15H19NO4S. The number of carbonyl (C=O) groups excluding carboxylic acids is 1. The lowest BCUT2D eigenvalue weighted by molar-refractivity contribution is -0.147. The van der Waals surface area contributed by atoms with E-state index in [2.05, 4.69) is 0 Å². The largest absolute Gasteiger partial charge is 0.480 e. The molecule has 1 amide bonds. The maximum absolute atomic E-state index is 12.6. The van der Waals surface area contributed by atoms with Gasteiger partial charge in [0.25, 0.3) is 5.91 Å². The van der Waals surface area contributed by atoms with E-state index in [1.165, 1.54) is 45.9 Å². The molecule has 1 N–H and O–H groups in total. The van der Waals surface area contributed by atoms with Gasteiger partial charge in [-0.1, -0.05) is 6.42 Å². The summed E-state index contributed by atoms with van der Waals surface area (Å²) >= 11 is 1.54. The third kappa shape index (κ3) is 2.96. The zero-order chi connectivity index (χ0) is 14.8. The summed E-state index contributed by atoms with van der Waals surface area (Å²) in [4.78, 5) is 27.3. The maximum Gasteiger partial charge on any atom is 0.328 e. The van der Waals surface area contributed by atoms with Crippen molar-refractivity contribution in [3.05, 3.63) is 21.4 Å². The van der Waals surface area contributed by atoms with Crippen LogP contribution in [-0.4, -0.2) is 47.7 Å². The van der Waals surface area contributed by atoms with Gasteiger partial charge in [-0.15, -0.1) is 11.3 Å². The lowest BCUT2D eigenvalue weighted by Crippen LogP contribution is -2.52. The monoisotopic (exact) mass is 309 g/mol. The summed E-state index contributed by atoms with van der Waals surface area (Å²) in [5, 5.41) is 9.23. The van der Waals surface area contributed by atoms with Crippen molar-refractivity contribution in [3.8, 4) is 0 Å². The number of rotatable bonds is 2. The van der Waals surface area contributed by atoms with E-state index in [0.717, 1.165) is 12.8 Å². The predicted molar refractivity (Wildman–Crippen MR) is 78.9 cm³/mol. The molecule has 2 heterocycles. The Bertz CT molecular complexity index is 530. The number of aliphatic carboxylic acids is 1. The molecule has 3 rings (SSSR count). The van der Waals surface area contributed by atoms with Crippen LogP contribution in [0, 0.1) is 0 Å². The predicted octanol–water partition coefficient (Wildman–Crippen LogP) is 1.94. The molecule has 0 bridgehead atoms. The highest BCUT2D eigenvalue weighted by atomic mass is 32.1. The highest BCUT2D eigenvalue weighted by Crippen LogP contribution is 2.30. The number of carboxylic acids is 1. The van der Waals surface area contributed by atoms with Crippen LogP contribution in [0.2, 0.25) is 0 Å². The molecule has 0 aromatic carbocycles. The van der Waals surface area contributed by atoms with Crippen LogP contribution >= 0.6 is 11.3 Å². The van der Waals surface area contributed by atoms with Crippen LogP contribution in [0.3, 0.4) is 0 Å². The summed E-state index contributed by atoms with van der Waals surface area (Å²) in [5.41, 5.74) is 1.28. The SMILES string of the molecule is O=C(O)[C@H]1COCCN1C(=O)c1cc2c(s1)CCCCC2. The zero-order valence-corrected chi connectivity index (χ0v) is 12.7. The molecule has 0 saturated carbocycles. The van der Waals surface area contributed by atoms with Gasteiger partial charge in [0, 0.05) is 11.4 Å². The Morgan fingerprint density at radius 2 is 2.10 bits per heavy atom. The number of aryl methyl sites for hydroxylation is 2. The van der Waals surface area contributed by atoms with E-state index < -0.39 is 12.0 Å². The van der Waals surface area contributed by atoms with Gasteiger partial charge in [0.05, 0.1) is 18.1 Å². The van der Waals surface area contributed by atoms with Crippen molar-refractivity contribution >= 4 is 23.2 Å². The van der Waals surface area contributed by atoms with Gasteiger partial charge in [0.1, 0.15) is 0 Å². The Kier molecular flexibility index (Phi) is 4.26. The van der Waals surface area contributed by atoms with Crippen molar-refractivity contribution in [2.24, 2.45) is 0 Å². The molecular weight excluding hydrogens is 290 g/mol. The number of ether oxygens (including phenoxy) is 1. The van der Waals surface area contributed by atoms with Crippen LogP contribution in [0.4, 0.5) is 0 Å². The molecule has 2 aliphatic rings. The molecule has 114 valence electrons. The van der Waals surface area contributed by atoms with Crippen molar-refractivity contribution < 1.29 is 19.4 Å². The summed E-state index contributed by atoms with van der Waals surface area (Å²) in [6.07, 6.45) is 5.67. The first-order chi connectivity index (χ1) is 10.2. The maximum atomic E-state index is 12.6. The fourth-order valence-corrected chi connectivity index (χ4v) is 4.18. The molecule has 1 aliphatic heterocycles. The number of hydrogen-bond donors (Lipinski definition) is 1. The van der Waals surface area contributed by atoms with E-state index in [1.807, 2.05) is 6.07 Å². The molecule has 1 aromatic heterocycles. The second-order valence-corrected chi connectivity index (χ2v) is 6.68. The Hall–Kier alpha value is -1.40. The molecule has 21 heavy (non-hydrogen) atoms. The summed E-state index contributed by atoms with van der Waals surface area (Å²) < 4.78 is 5.19. The minimum Gasteiger partial charge on any atom is -0.480 e. The average Bonchev–Trinajstić information content (AvgIpc) is 2.77. The van der Waals surface area contributed by atoms with Crippen molar-refractivity contribution in [3.63, 3.8) is 0 Å². The van der Waals surface area contributed by atoms with E-state index in [1.54, 1.807) is 0 Å². The van der Waals surface area contributed by atoms with Crippen LogP contribution in [0.15, 0.2) is 6.07 Å². The highest BCUT2D eigenvalue weighted by molar-refractivity contribution is 7.14. The van der Waals surface area contributed by atoms with Gasteiger partial charge < -0.3 is 14.7 Å². The van der Waals surface area contributed by atoms with E-state index in [4.69, 9.17) is 4.74 Å². The molecule has 1 saturated heterocycles. The third-order valence-corrected chi connectivity index (χ3v) is 5.36. The highest BCUT2D eigenvalue weighted by Gasteiger charge is 2.34. The first-order valence-corrected chi connectivity index (χ1v) is 8.21. The van der Waals surface area contributed by atoms with Gasteiger partial charge >= 0.3 is 5.97 Å². The van der Waals surface area contributed by atoms with Gasteiger partial charge in [0.2, 0.25) is 0 Å². The number of thiophene rings is 1. The molecule has 5 nitrogen and oxygen atoms in total. The zero-order valence-electron chi connectivity index (χ0n) is 11.8. The fourth-order valence-electron chi connectivity index (χ4n) is 2.97. The average molecular weight is 309 g/mol. The van der Waals surface area contributed by atoms with Gasteiger partial charge in [-0.25, -0.2) is 4.79 Å². The number of hydrogen-bond acceptors (Lipinski definition) is 4. The lowest BCUT2D eigenvalue weighted by atomic mass is 10.1. The molecule has 1 aromatic rings. The number of amides is 1. The summed E-state index contributed by atoms with van der Waals surface area (Å²) in [6.45, 7) is 0.825. The standard InChI is InChI=1S/C15H19NO4S/c17-14(16-6-7-20-9-11(16)15(18)19)13-8-10-4-2-1-3-5-12(10)21-13/h8,11H,1-7,9H2,(H,18,19)/t11-/m1/s1. The number of fused-ring (bicyclic) bond motifs is 1. The number of morpholine rings is 1. The van der Waals surface area contributed by atoms with Crippen molar-refractivity contribution in [1.82, 2.24) is 4.90 Å². The first kappa shape index (κ1) is 14.5. The normalized spacial score (nSPS) is 22.5. The Labute approximate surface area is 127 Å². The minimum absolute atomic E-state index is 0.0756. The molecule has 0 radical (unpaired) electrons. The van der Waals surface area contributed by atoms with Crippen molar-refractivity contribution in [1.29, 1.82) is 0 Å². The van der Waals surface area contributed by atoms with Gasteiger partial charge in [-0.2, -0.15) is 0 Å². The second kappa shape index (κ2) is 6.15. The van der Waals surface area contributed by atoms with E-state index in [0.29, 0.717) is 18.0 Å². The quantitative estimate of drug-likeness (QED) is 0.848. The van der Waals surface area contributed by atoms with Crippen LogP contribution in [0.1, 0.15) is 39.4 Å². The van der Waals surface area contributed by atoms with Gasteiger partial charge in [0.15, 0.2) is 6.04 Å². The molecule has 1 fully saturated rings. The summed E-state index contributed by atoms with van der Waals surface area (Å²) in [7, 11) is 0. The Morgan fingerprint density at radius 1 is 1.29 bits per heavy atom. The summed E-state index contributed by atoms with van der Waals surface area (Å²) in [6, 6.07) is 1.11. The Morgan fingerprint density at radius 3 is 2.90 bits per heavy atom. The van der Waals surface area contributed by atoms with Crippen LogP contribution in [-0.2, 0) is 22.4 Å². The molecule has 1 aliphatic carbocycles. The minimum atomic E-state index is -0.999. The number of carbonyl (C=O) groups is 2. The van der Waals surface area contributed by atoms with E-state index in [-0.39, 0.29) is 12.5 Å². The number of carboxylic acid groups (broad SMARTS) is 1. The first-order valence-electron chi connectivity index (χ1n) is 7.40. The molecule has 1 atom stereocenters. The van der Waals surface area contributed by atoms with Crippen molar-refractivity contribution in [2.45, 2.75) is 38.1 Å². The second-order valence-electron chi connectivity index (χ2n) is 5.55. The topological polar surface area (TPSA) is 66.8 Å². The van der Waals surface area contributed by atoms with Crippen LogP contribution in [0.5, 0.6) is 0 Å². The molecule has 0 unspecified atom stereocenters. The van der Waals surface area contributed by atoms with Gasteiger partial charge in [-0.3, -0.25) is 4.79 Å². The molecule has 0 spiro atoms. The lowest BCUT2D eigenvalue weighted by Gasteiger charge is -2.32. The van der Waals surface area contributed by atoms with E-state index in [9.17, 15) is 14.7 Å².